The van der Waals surface area contributed by atoms with Gasteiger partial charge in [-0.15, -0.1) is 0 Å². The number of hydrogen-bond donors (Lipinski definition) is 2. The van der Waals surface area contributed by atoms with E-state index in [2.05, 4.69) is 12.2 Å². The molecule has 90 valence electrons. The van der Waals surface area contributed by atoms with Gasteiger partial charge in [0.1, 0.15) is 0 Å². The third-order valence-corrected chi connectivity index (χ3v) is 2.50. The van der Waals surface area contributed by atoms with Gasteiger partial charge in [-0.05, 0) is 25.3 Å². The Hall–Kier alpha value is -0.570. The fourth-order valence-corrected chi connectivity index (χ4v) is 1.49. The second-order valence-electron chi connectivity index (χ2n) is 5.19. The summed E-state index contributed by atoms with van der Waals surface area (Å²) in [6, 6.07) is 0. The lowest BCUT2D eigenvalue weighted by Crippen LogP contribution is -2.38. The van der Waals surface area contributed by atoms with Crippen molar-refractivity contribution in [3.63, 3.8) is 0 Å². The van der Waals surface area contributed by atoms with Crippen molar-refractivity contribution >= 4 is 5.91 Å². The van der Waals surface area contributed by atoms with Crippen LogP contribution >= 0.6 is 0 Å². The first kappa shape index (κ1) is 14.4. The molecule has 0 heterocycles. The van der Waals surface area contributed by atoms with Crippen molar-refractivity contribution in [2.75, 3.05) is 13.1 Å². The highest BCUT2D eigenvalue weighted by Crippen LogP contribution is 2.14. The summed E-state index contributed by atoms with van der Waals surface area (Å²) in [5.41, 5.74) is 5.25. The zero-order chi connectivity index (χ0) is 11.9. The molecule has 1 amide bonds. The standard InChI is InChI=1S/C12H26N2O/c1-5-6-10(7-8-13)9-14-11(15)12(2,3)4/h10H,5-9,13H2,1-4H3,(H,14,15). The van der Waals surface area contributed by atoms with Gasteiger partial charge in [-0.25, -0.2) is 0 Å². The average molecular weight is 214 g/mol. The zero-order valence-electron chi connectivity index (χ0n) is 10.6. The van der Waals surface area contributed by atoms with Crippen molar-refractivity contribution in [3.8, 4) is 0 Å². The van der Waals surface area contributed by atoms with Crippen LogP contribution in [0.2, 0.25) is 0 Å². The van der Waals surface area contributed by atoms with Crippen LogP contribution in [0.1, 0.15) is 47.0 Å². The minimum absolute atomic E-state index is 0.126. The summed E-state index contributed by atoms with van der Waals surface area (Å²) in [4.78, 5) is 11.6. The Morgan fingerprint density at radius 2 is 1.93 bits per heavy atom. The molecule has 1 atom stereocenters. The van der Waals surface area contributed by atoms with E-state index in [1.165, 1.54) is 0 Å². The second kappa shape index (κ2) is 6.83. The molecule has 0 aliphatic heterocycles. The van der Waals surface area contributed by atoms with E-state index in [1.807, 2.05) is 20.8 Å². The van der Waals surface area contributed by atoms with E-state index in [0.29, 0.717) is 12.5 Å². The van der Waals surface area contributed by atoms with Gasteiger partial charge in [0.05, 0.1) is 0 Å². The van der Waals surface area contributed by atoms with Gasteiger partial charge >= 0.3 is 0 Å². The van der Waals surface area contributed by atoms with E-state index in [9.17, 15) is 4.79 Å². The molecule has 0 saturated heterocycles. The number of nitrogens with two attached hydrogens (primary N) is 1. The van der Waals surface area contributed by atoms with Crippen LogP contribution in [-0.2, 0) is 4.79 Å². The van der Waals surface area contributed by atoms with Crippen LogP contribution in [0.15, 0.2) is 0 Å². The maximum Gasteiger partial charge on any atom is 0.225 e. The summed E-state index contributed by atoms with van der Waals surface area (Å²) in [5, 5.41) is 3.00. The predicted octanol–water partition coefficient (Wildman–Crippen LogP) is 1.91. The van der Waals surface area contributed by atoms with E-state index in [-0.39, 0.29) is 11.3 Å². The Balaban J connectivity index is 3.93. The number of rotatable bonds is 6. The molecule has 0 aromatic heterocycles. The molecule has 3 N–H and O–H groups in total. The van der Waals surface area contributed by atoms with E-state index in [4.69, 9.17) is 5.73 Å². The van der Waals surface area contributed by atoms with E-state index in [1.54, 1.807) is 0 Å². The SMILES string of the molecule is CCCC(CCN)CNC(=O)C(C)(C)C. The van der Waals surface area contributed by atoms with Gasteiger partial charge in [-0.3, -0.25) is 4.79 Å². The molecule has 0 bridgehead atoms. The number of carbonyl (C=O) groups excluding carboxylic acids is 1. The fourth-order valence-electron chi connectivity index (χ4n) is 1.49. The molecular weight excluding hydrogens is 188 g/mol. The zero-order valence-corrected chi connectivity index (χ0v) is 10.6. The van der Waals surface area contributed by atoms with Gasteiger partial charge in [-0.1, -0.05) is 34.1 Å². The van der Waals surface area contributed by atoms with Crippen molar-refractivity contribution in [2.45, 2.75) is 47.0 Å². The van der Waals surface area contributed by atoms with Gasteiger partial charge in [0.25, 0.3) is 0 Å². The summed E-state index contributed by atoms with van der Waals surface area (Å²) in [6.07, 6.45) is 3.29. The molecule has 1 unspecified atom stereocenters. The molecule has 0 fully saturated rings. The summed E-state index contributed by atoms with van der Waals surface area (Å²) < 4.78 is 0. The first-order chi connectivity index (χ1) is 6.91. The van der Waals surface area contributed by atoms with Crippen LogP contribution in [0.5, 0.6) is 0 Å². The maximum absolute atomic E-state index is 11.6. The summed E-state index contributed by atoms with van der Waals surface area (Å²) in [6.45, 7) is 9.42. The smallest absolute Gasteiger partial charge is 0.225 e. The highest BCUT2D eigenvalue weighted by molar-refractivity contribution is 5.81. The molecule has 3 nitrogen and oxygen atoms in total. The highest BCUT2D eigenvalue weighted by Gasteiger charge is 2.21. The molecular formula is C12H26N2O. The first-order valence-corrected chi connectivity index (χ1v) is 5.90. The van der Waals surface area contributed by atoms with Crippen molar-refractivity contribution in [1.82, 2.24) is 5.32 Å². The quantitative estimate of drug-likeness (QED) is 0.709. The first-order valence-electron chi connectivity index (χ1n) is 5.90. The average Bonchev–Trinajstić information content (AvgIpc) is 2.12. The largest absolute Gasteiger partial charge is 0.355 e. The summed E-state index contributed by atoms with van der Waals surface area (Å²) in [7, 11) is 0. The number of carbonyl (C=O) groups is 1. The predicted molar refractivity (Wildman–Crippen MR) is 64.5 cm³/mol. The minimum atomic E-state index is -0.292. The third-order valence-electron chi connectivity index (χ3n) is 2.50. The molecule has 0 radical (unpaired) electrons. The Bertz CT molecular complexity index is 179. The molecule has 0 aliphatic rings. The second-order valence-corrected chi connectivity index (χ2v) is 5.19. The molecule has 0 aliphatic carbocycles. The minimum Gasteiger partial charge on any atom is -0.355 e. The number of amides is 1. The molecule has 0 aromatic rings. The van der Waals surface area contributed by atoms with Crippen molar-refractivity contribution in [1.29, 1.82) is 0 Å². The van der Waals surface area contributed by atoms with Crippen LogP contribution in [0.3, 0.4) is 0 Å². The van der Waals surface area contributed by atoms with E-state index < -0.39 is 0 Å². The van der Waals surface area contributed by atoms with Crippen LogP contribution in [0, 0.1) is 11.3 Å². The molecule has 3 heteroatoms. The summed E-state index contributed by atoms with van der Waals surface area (Å²) in [5.74, 6) is 0.659. The van der Waals surface area contributed by atoms with Gasteiger partial charge in [-0.2, -0.15) is 0 Å². The van der Waals surface area contributed by atoms with Crippen molar-refractivity contribution < 1.29 is 4.79 Å². The Morgan fingerprint density at radius 3 is 2.33 bits per heavy atom. The molecule has 0 spiro atoms. The topological polar surface area (TPSA) is 55.1 Å². The van der Waals surface area contributed by atoms with Crippen LogP contribution < -0.4 is 11.1 Å². The van der Waals surface area contributed by atoms with E-state index in [0.717, 1.165) is 25.8 Å². The molecule has 0 rings (SSSR count). The summed E-state index contributed by atoms with van der Waals surface area (Å²) >= 11 is 0. The van der Waals surface area contributed by atoms with Gasteiger partial charge in [0.2, 0.25) is 5.91 Å². The van der Waals surface area contributed by atoms with Gasteiger partial charge in [0, 0.05) is 12.0 Å². The van der Waals surface area contributed by atoms with Gasteiger partial charge in [0.15, 0.2) is 0 Å². The van der Waals surface area contributed by atoms with E-state index >= 15 is 0 Å². The molecule has 0 aromatic carbocycles. The normalized spacial score (nSPS) is 13.7. The maximum atomic E-state index is 11.6. The molecule has 0 saturated carbocycles. The Kier molecular flexibility index (Phi) is 6.57. The lowest BCUT2D eigenvalue weighted by Gasteiger charge is -2.21. The fraction of sp³-hybridized carbons (Fsp3) is 0.917. The van der Waals surface area contributed by atoms with Crippen molar-refractivity contribution in [2.24, 2.45) is 17.1 Å². The Morgan fingerprint density at radius 1 is 1.33 bits per heavy atom. The Labute approximate surface area is 93.8 Å². The van der Waals surface area contributed by atoms with Crippen LogP contribution in [0.25, 0.3) is 0 Å². The number of nitrogens with one attached hydrogen (secondary N) is 1. The third kappa shape index (κ3) is 6.50. The number of hydrogen-bond acceptors (Lipinski definition) is 2. The van der Waals surface area contributed by atoms with Gasteiger partial charge < -0.3 is 11.1 Å². The van der Waals surface area contributed by atoms with Crippen LogP contribution in [0.4, 0.5) is 0 Å². The van der Waals surface area contributed by atoms with Crippen LogP contribution in [-0.4, -0.2) is 19.0 Å². The monoisotopic (exact) mass is 214 g/mol. The van der Waals surface area contributed by atoms with Crippen molar-refractivity contribution in [3.05, 3.63) is 0 Å². The lowest BCUT2D eigenvalue weighted by molar-refractivity contribution is -0.128. The highest BCUT2D eigenvalue weighted by atomic mass is 16.2. The molecule has 15 heavy (non-hydrogen) atoms. The lowest BCUT2D eigenvalue weighted by atomic mass is 9.94.